The number of aliphatic hydroxyl groups is 1. The van der Waals surface area contributed by atoms with Crippen LogP contribution in [0.25, 0.3) is 0 Å². The number of aryl methyl sites for hydroxylation is 2. The molecule has 0 fully saturated rings. The first kappa shape index (κ1) is 21.8. The van der Waals surface area contributed by atoms with Crippen molar-refractivity contribution in [3.8, 4) is 0 Å². The number of nitrogens with zero attached hydrogens (tertiary/aromatic N) is 1. The highest BCUT2D eigenvalue weighted by Crippen LogP contribution is 2.24. The van der Waals surface area contributed by atoms with Crippen molar-refractivity contribution in [2.75, 3.05) is 23.8 Å². The highest BCUT2D eigenvalue weighted by Gasteiger charge is 2.23. The summed E-state index contributed by atoms with van der Waals surface area (Å²) in [6.45, 7) is 5.14. The third-order valence-corrected chi connectivity index (χ3v) is 4.15. The number of rotatable bonds is 8. The van der Waals surface area contributed by atoms with Crippen LogP contribution in [-0.2, 0) is 9.53 Å². The van der Waals surface area contributed by atoms with E-state index in [9.17, 15) is 19.7 Å². The number of nitrogens with one attached hydrogen (secondary N) is 2. The number of aliphatic hydroxyl groups excluding tert-OH is 1. The summed E-state index contributed by atoms with van der Waals surface area (Å²) >= 11 is 0. The number of ether oxygens (including phenoxy) is 1. The van der Waals surface area contributed by atoms with Gasteiger partial charge in [0, 0.05) is 30.1 Å². The Morgan fingerprint density at radius 1 is 1.17 bits per heavy atom. The molecule has 0 radical (unpaired) electrons. The first-order valence-electron chi connectivity index (χ1n) is 8.95. The lowest BCUT2D eigenvalue weighted by Gasteiger charge is -2.16. The molecule has 0 aliphatic heterocycles. The zero-order valence-electron chi connectivity index (χ0n) is 16.4. The molecular formula is C20H23N3O6. The Kier molecular flexibility index (Phi) is 7.27. The highest BCUT2D eigenvalue weighted by molar-refractivity contribution is 6.00. The number of hydrogen-bond donors (Lipinski definition) is 3. The molecule has 154 valence electrons. The van der Waals surface area contributed by atoms with E-state index >= 15 is 0 Å². The summed E-state index contributed by atoms with van der Waals surface area (Å²) in [5.41, 5.74) is 2.39. The molecule has 2 rings (SSSR count). The predicted molar refractivity (Wildman–Crippen MR) is 108 cm³/mol. The second kappa shape index (κ2) is 9.65. The topological polar surface area (TPSA) is 131 Å². The van der Waals surface area contributed by atoms with Crippen LogP contribution < -0.4 is 10.6 Å². The smallest absolute Gasteiger partial charge is 0.341 e. The van der Waals surface area contributed by atoms with Crippen molar-refractivity contribution in [1.29, 1.82) is 0 Å². The number of anilines is 2. The maximum Gasteiger partial charge on any atom is 0.341 e. The number of benzene rings is 2. The van der Waals surface area contributed by atoms with Gasteiger partial charge in [0.05, 0.1) is 17.1 Å². The third-order valence-electron chi connectivity index (χ3n) is 4.15. The second-order valence-electron chi connectivity index (χ2n) is 6.49. The molecular weight excluding hydrogens is 378 g/mol. The zero-order valence-corrected chi connectivity index (χ0v) is 16.4. The molecule has 3 N–H and O–H groups in total. The Morgan fingerprint density at radius 2 is 1.86 bits per heavy atom. The molecule has 0 saturated carbocycles. The van der Waals surface area contributed by atoms with Gasteiger partial charge in [-0.2, -0.15) is 0 Å². The molecule has 1 atom stereocenters. The van der Waals surface area contributed by atoms with E-state index in [1.807, 2.05) is 26.0 Å². The maximum atomic E-state index is 12.6. The van der Waals surface area contributed by atoms with Crippen molar-refractivity contribution in [2.45, 2.75) is 26.9 Å². The van der Waals surface area contributed by atoms with Crippen molar-refractivity contribution in [2.24, 2.45) is 0 Å². The van der Waals surface area contributed by atoms with Gasteiger partial charge in [0.1, 0.15) is 0 Å². The summed E-state index contributed by atoms with van der Waals surface area (Å²) in [7, 11) is 0. The van der Waals surface area contributed by atoms with Crippen LogP contribution in [0.1, 0.15) is 28.4 Å². The van der Waals surface area contributed by atoms with Crippen molar-refractivity contribution in [1.82, 2.24) is 0 Å². The van der Waals surface area contributed by atoms with Crippen LogP contribution in [0.2, 0.25) is 0 Å². The van der Waals surface area contributed by atoms with Gasteiger partial charge in [-0.1, -0.05) is 17.7 Å². The van der Waals surface area contributed by atoms with E-state index in [-0.39, 0.29) is 30.1 Å². The molecule has 0 aliphatic rings. The van der Waals surface area contributed by atoms with Gasteiger partial charge in [-0.25, -0.2) is 4.79 Å². The van der Waals surface area contributed by atoms with Gasteiger partial charge < -0.3 is 20.5 Å². The molecule has 0 unspecified atom stereocenters. The molecule has 0 heterocycles. The van der Waals surface area contributed by atoms with Gasteiger partial charge in [0.2, 0.25) is 0 Å². The Hall–Kier alpha value is -3.46. The number of nitro groups is 1. The van der Waals surface area contributed by atoms with Crippen molar-refractivity contribution in [3.63, 3.8) is 0 Å². The summed E-state index contributed by atoms with van der Waals surface area (Å²) in [6.07, 6.45) is -1.13. The molecule has 0 saturated heterocycles. The number of carbonyl (C=O) groups excluding carboxylic acids is 2. The fraction of sp³-hybridized carbons (Fsp3) is 0.300. The quantitative estimate of drug-likeness (QED) is 0.352. The third kappa shape index (κ3) is 5.76. The molecule has 29 heavy (non-hydrogen) atoms. The lowest BCUT2D eigenvalue weighted by molar-refractivity contribution is -0.384. The molecule has 1 amide bonds. The van der Waals surface area contributed by atoms with Gasteiger partial charge in [-0.3, -0.25) is 14.9 Å². The molecule has 2 aromatic rings. The lowest BCUT2D eigenvalue weighted by Crippen LogP contribution is -2.30. The Bertz CT molecular complexity index is 928. The van der Waals surface area contributed by atoms with Crippen molar-refractivity contribution in [3.05, 3.63) is 63.2 Å². The van der Waals surface area contributed by atoms with Crippen LogP contribution in [0.4, 0.5) is 17.1 Å². The standard InChI is InChI=1S/C20H23N3O6/c1-12-4-6-17(13(2)10-12)22-19(25)14(3)29-20(26)16-11-15(23(27)28)5-7-18(16)21-8-9-24/h4-7,10-11,14,21,24H,8-9H2,1-3H3,(H,22,25)/t14-/m0/s1. The first-order chi connectivity index (χ1) is 13.7. The average molecular weight is 401 g/mol. The van der Waals surface area contributed by atoms with Gasteiger partial charge in [0.15, 0.2) is 6.10 Å². The van der Waals surface area contributed by atoms with Crippen LogP contribution in [0.5, 0.6) is 0 Å². The summed E-state index contributed by atoms with van der Waals surface area (Å²) < 4.78 is 5.21. The fourth-order valence-electron chi connectivity index (χ4n) is 2.63. The van der Waals surface area contributed by atoms with E-state index < -0.39 is 22.9 Å². The number of nitro benzene ring substituents is 1. The van der Waals surface area contributed by atoms with E-state index in [4.69, 9.17) is 9.84 Å². The van der Waals surface area contributed by atoms with Crippen molar-refractivity contribution < 1.29 is 24.4 Å². The molecule has 9 nitrogen and oxygen atoms in total. The summed E-state index contributed by atoms with van der Waals surface area (Å²) in [5, 5.41) is 25.5. The van der Waals surface area contributed by atoms with E-state index in [0.717, 1.165) is 17.2 Å². The SMILES string of the molecule is Cc1ccc(NC(=O)[C@H](C)OC(=O)c2cc([N+](=O)[O-])ccc2NCCO)c(C)c1. The van der Waals surface area contributed by atoms with E-state index in [0.29, 0.717) is 5.69 Å². The number of esters is 1. The number of hydrogen-bond acceptors (Lipinski definition) is 7. The zero-order chi connectivity index (χ0) is 21.6. The minimum Gasteiger partial charge on any atom is -0.449 e. The number of amides is 1. The second-order valence-corrected chi connectivity index (χ2v) is 6.49. The Labute approximate surface area is 167 Å². The van der Waals surface area contributed by atoms with E-state index in [1.54, 1.807) is 6.07 Å². The van der Waals surface area contributed by atoms with Crippen LogP contribution in [0, 0.1) is 24.0 Å². The van der Waals surface area contributed by atoms with Crippen molar-refractivity contribution >= 4 is 28.9 Å². The first-order valence-corrected chi connectivity index (χ1v) is 8.95. The van der Waals surface area contributed by atoms with Crippen LogP contribution >= 0.6 is 0 Å². The molecule has 0 spiro atoms. The highest BCUT2D eigenvalue weighted by atomic mass is 16.6. The van der Waals surface area contributed by atoms with Gasteiger partial charge in [0.25, 0.3) is 11.6 Å². The Morgan fingerprint density at radius 3 is 2.48 bits per heavy atom. The van der Waals surface area contributed by atoms with Gasteiger partial charge in [-0.05, 0) is 38.5 Å². The number of carbonyl (C=O) groups is 2. The summed E-state index contributed by atoms with van der Waals surface area (Å²) in [5.74, 6) is -1.42. The van der Waals surface area contributed by atoms with E-state index in [2.05, 4.69) is 10.6 Å². The average Bonchev–Trinajstić information content (AvgIpc) is 2.68. The summed E-state index contributed by atoms with van der Waals surface area (Å²) in [4.78, 5) is 35.3. The van der Waals surface area contributed by atoms with Crippen LogP contribution in [0.3, 0.4) is 0 Å². The summed E-state index contributed by atoms with van der Waals surface area (Å²) in [6, 6.07) is 9.17. The largest absolute Gasteiger partial charge is 0.449 e. The number of non-ortho nitro benzene ring substituents is 1. The maximum absolute atomic E-state index is 12.6. The van der Waals surface area contributed by atoms with Crippen LogP contribution in [0.15, 0.2) is 36.4 Å². The van der Waals surface area contributed by atoms with Gasteiger partial charge >= 0.3 is 5.97 Å². The van der Waals surface area contributed by atoms with E-state index in [1.165, 1.54) is 19.1 Å². The molecule has 9 heteroatoms. The normalized spacial score (nSPS) is 11.4. The lowest BCUT2D eigenvalue weighted by atomic mass is 10.1. The minimum absolute atomic E-state index is 0.0983. The Balaban J connectivity index is 2.15. The monoisotopic (exact) mass is 401 g/mol. The predicted octanol–water partition coefficient (Wildman–Crippen LogP) is 2.80. The molecule has 2 aromatic carbocycles. The minimum atomic E-state index is -1.13. The molecule has 0 bridgehead atoms. The molecule has 0 aromatic heterocycles. The molecule has 0 aliphatic carbocycles. The fourth-order valence-corrected chi connectivity index (χ4v) is 2.63. The van der Waals surface area contributed by atoms with Crippen LogP contribution in [-0.4, -0.2) is 41.2 Å². The van der Waals surface area contributed by atoms with Gasteiger partial charge in [-0.15, -0.1) is 0 Å².